The molecule has 0 amide bonds. The number of furan rings is 1. The van der Waals surface area contributed by atoms with Crippen molar-refractivity contribution in [2.75, 3.05) is 11.9 Å². The molecule has 0 radical (unpaired) electrons. The van der Waals surface area contributed by atoms with E-state index in [9.17, 15) is 0 Å². The molecule has 108 valence electrons. The van der Waals surface area contributed by atoms with Gasteiger partial charge in [-0.2, -0.15) is 0 Å². The summed E-state index contributed by atoms with van der Waals surface area (Å²) in [5.74, 6) is 0. The molecule has 0 saturated carbocycles. The first-order valence-corrected chi connectivity index (χ1v) is 7.47. The zero-order valence-electron chi connectivity index (χ0n) is 12.5. The van der Waals surface area contributed by atoms with Crippen LogP contribution in [0, 0.1) is 0 Å². The average Bonchev–Trinajstić information content (AvgIpc) is 2.94. The summed E-state index contributed by atoms with van der Waals surface area (Å²) in [4.78, 5) is 2.25. The second-order valence-corrected chi connectivity index (χ2v) is 5.62. The molecule has 4 aromatic rings. The largest absolute Gasteiger partial charge is 0.456 e. The van der Waals surface area contributed by atoms with Gasteiger partial charge in [-0.15, -0.1) is 0 Å². The molecule has 0 aliphatic rings. The fraction of sp³-hybridized carbons (Fsp3) is 0.100. The molecule has 0 aliphatic carbocycles. The summed E-state index contributed by atoms with van der Waals surface area (Å²) in [6.07, 6.45) is 0. The van der Waals surface area contributed by atoms with Crippen molar-refractivity contribution < 1.29 is 4.42 Å². The Bertz CT molecular complexity index is 924. The van der Waals surface area contributed by atoms with Gasteiger partial charge in [0.1, 0.15) is 11.2 Å². The Morgan fingerprint density at radius 3 is 2.36 bits per heavy atom. The topological polar surface area (TPSA) is 16.4 Å². The normalized spacial score (nSPS) is 11.1. The lowest BCUT2D eigenvalue weighted by Crippen LogP contribution is -2.15. The molecule has 0 unspecified atom stereocenters. The van der Waals surface area contributed by atoms with Crippen molar-refractivity contribution in [1.29, 1.82) is 0 Å². The molecule has 0 fully saturated rings. The minimum absolute atomic E-state index is 0.874. The van der Waals surface area contributed by atoms with Gasteiger partial charge in [-0.1, -0.05) is 42.5 Å². The van der Waals surface area contributed by atoms with Crippen LogP contribution >= 0.6 is 0 Å². The van der Waals surface area contributed by atoms with Gasteiger partial charge in [-0.3, -0.25) is 0 Å². The van der Waals surface area contributed by atoms with E-state index in [2.05, 4.69) is 66.5 Å². The molecule has 0 bridgehead atoms. The molecule has 0 saturated heterocycles. The van der Waals surface area contributed by atoms with Crippen molar-refractivity contribution in [3.8, 4) is 0 Å². The third-order valence-electron chi connectivity index (χ3n) is 4.06. The molecule has 3 aromatic carbocycles. The zero-order valence-corrected chi connectivity index (χ0v) is 12.5. The Balaban J connectivity index is 1.72. The lowest BCUT2D eigenvalue weighted by molar-refractivity contribution is 0.668. The Morgan fingerprint density at radius 2 is 1.50 bits per heavy atom. The van der Waals surface area contributed by atoms with Crippen LogP contribution in [-0.2, 0) is 6.54 Å². The first kappa shape index (κ1) is 13.0. The number of hydrogen-bond donors (Lipinski definition) is 0. The van der Waals surface area contributed by atoms with Crippen LogP contribution in [0.5, 0.6) is 0 Å². The number of benzene rings is 3. The number of para-hydroxylation sites is 2. The van der Waals surface area contributed by atoms with Crippen LogP contribution in [0.3, 0.4) is 0 Å². The van der Waals surface area contributed by atoms with Gasteiger partial charge in [0.15, 0.2) is 0 Å². The second-order valence-electron chi connectivity index (χ2n) is 5.62. The first-order valence-electron chi connectivity index (χ1n) is 7.47. The van der Waals surface area contributed by atoms with Gasteiger partial charge in [-0.25, -0.2) is 0 Å². The fourth-order valence-electron chi connectivity index (χ4n) is 2.92. The maximum Gasteiger partial charge on any atom is 0.135 e. The van der Waals surface area contributed by atoms with Crippen molar-refractivity contribution in [2.45, 2.75) is 6.54 Å². The smallest absolute Gasteiger partial charge is 0.135 e. The molecular formula is C20H17NO. The van der Waals surface area contributed by atoms with Crippen molar-refractivity contribution in [1.82, 2.24) is 0 Å². The van der Waals surface area contributed by atoms with Crippen molar-refractivity contribution in [2.24, 2.45) is 0 Å². The molecule has 1 aromatic heterocycles. The molecule has 2 heteroatoms. The summed E-state index contributed by atoms with van der Waals surface area (Å²) in [6, 6.07) is 25.1. The van der Waals surface area contributed by atoms with Gasteiger partial charge in [0.25, 0.3) is 0 Å². The van der Waals surface area contributed by atoms with Crippen LogP contribution in [0.1, 0.15) is 5.56 Å². The molecular weight excluding hydrogens is 270 g/mol. The monoisotopic (exact) mass is 287 g/mol. The van der Waals surface area contributed by atoms with Crippen LogP contribution < -0.4 is 4.90 Å². The van der Waals surface area contributed by atoms with Gasteiger partial charge in [0, 0.05) is 30.1 Å². The number of fused-ring (bicyclic) bond motifs is 3. The maximum atomic E-state index is 5.88. The maximum absolute atomic E-state index is 5.88. The van der Waals surface area contributed by atoms with Crippen molar-refractivity contribution in [3.63, 3.8) is 0 Å². The van der Waals surface area contributed by atoms with Crippen LogP contribution in [-0.4, -0.2) is 7.05 Å². The number of nitrogens with zero attached hydrogens (tertiary/aromatic N) is 1. The summed E-state index contributed by atoms with van der Waals surface area (Å²) in [5, 5.41) is 2.37. The van der Waals surface area contributed by atoms with E-state index >= 15 is 0 Å². The highest BCUT2D eigenvalue weighted by atomic mass is 16.3. The van der Waals surface area contributed by atoms with Crippen molar-refractivity contribution >= 4 is 27.6 Å². The van der Waals surface area contributed by atoms with Crippen molar-refractivity contribution in [3.05, 3.63) is 78.4 Å². The van der Waals surface area contributed by atoms with Crippen LogP contribution in [0.4, 0.5) is 5.69 Å². The van der Waals surface area contributed by atoms with E-state index in [1.165, 1.54) is 22.0 Å². The Morgan fingerprint density at radius 1 is 0.773 bits per heavy atom. The van der Waals surface area contributed by atoms with Gasteiger partial charge < -0.3 is 9.32 Å². The molecule has 1 heterocycles. The zero-order chi connectivity index (χ0) is 14.9. The van der Waals surface area contributed by atoms with Gasteiger partial charge in [0.2, 0.25) is 0 Å². The molecule has 22 heavy (non-hydrogen) atoms. The van der Waals surface area contributed by atoms with E-state index in [1.807, 2.05) is 18.2 Å². The Labute approximate surface area is 129 Å². The number of hydrogen-bond acceptors (Lipinski definition) is 2. The van der Waals surface area contributed by atoms with Gasteiger partial charge in [-0.05, 0) is 35.9 Å². The number of rotatable bonds is 3. The lowest BCUT2D eigenvalue weighted by Gasteiger charge is -2.19. The van der Waals surface area contributed by atoms with E-state index < -0.39 is 0 Å². The van der Waals surface area contributed by atoms with Crippen LogP contribution in [0.2, 0.25) is 0 Å². The quantitative estimate of drug-likeness (QED) is 0.513. The molecule has 0 aliphatic heterocycles. The fourth-order valence-corrected chi connectivity index (χ4v) is 2.92. The number of anilines is 1. The lowest BCUT2D eigenvalue weighted by atomic mass is 10.1. The minimum atomic E-state index is 0.874. The van der Waals surface area contributed by atoms with E-state index in [0.29, 0.717) is 0 Å². The minimum Gasteiger partial charge on any atom is -0.456 e. The predicted molar refractivity (Wildman–Crippen MR) is 92.3 cm³/mol. The van der Waals surface area contributed by atoms with Crippen LogP contribution in [0.15, 0.2) is 77.2 Å². The van der Waals surface area contributed by atoms with E-state index in [0.717, 1.165) is 17.7 Å². The molecule has 0 atom stereocenters. The predicted octanol–water partition coefficient (Wildman–Crippen LogP) is 5.22. The van der Waals surface area contributed by atoms with E-state index in [4.69, 9.17) is 4.42 Å². The Kier molecular flexibility index (Phi) is 3.08. The third-order valence-corrected chi connectivity index (χ3v) is 4.06. The molecule has 4 rings (SSSR count). The standard InChI is InChI=1S/C20H17NO/c1-21(16-7-3-2-4-8-16)14-15-11-12-20-18(13-15)17-9-5-6-10-19(17)22-20/h2-13H,14H2,1H3. The summed E-state index contributed by atoms with van der Waals surface area (Å²) in [6.45, 7) is 0.874. The molecule has 0 N–H and O–H groups in total. The summed E-state index contributed by atoms with van der Waals surface area (Å²) in [7, 11) is 2.12. The highest BCUT2D eigenvalue weighted by molar-refractivity contribution is 6.04. The summed E-state index contributed by atoms with van der Waals surface area (Å²) >= 11 is 0. The van der Waals surface area contributed by atoms with Gasteiger partial charge in [0.05, 0.1) is 0 Å². The second kappa shape index (κ2) is 5.23. The molecule has 0 spiro atoms. The van der Waals surface area contributed by atoms with Crippen LogP contribution in [0.25, 0.3) is 21.9 Å². The Hall–Kier alpha value is -2.74. The third kappa shape index (κ3) is 2.23. The highest BCUT2D eigenvalue weighted by Crippen LogP contribution is 2.29. The van der Waals surface area contributed by atoms with Gasteiger partial charge >= 0.3 is 0 Å². The summed E-state index contributed by atoms with van der Waals surface area (Å²) < 4.78 is 5.88. The molecule has 2 nitrogen and oxygen atoms in total. The van der Waals surface area contributed by atoms with E-state index in [1.54, 1.807) is 0 Å². The van der Waals surface area contributed by atoms with E-state index in [-0.39, 0.29) is 0 Å². The SMILES string of the molecule is CN(Cc1ccc2oc3ccccc3c2c1)c1ccccc1. The summed E-state index contributed by atoms with van der Waals surface area (Å²) in [5.41, 5.74) is 4.41. The average molecular weight is 287 g/mol. The highest BCUT2D eigenvalue weighted by Gasteiger charge is 2.08. The first-order chi connectivity index (χ1) is 10.8.